The first kappa shape index (κ1) is 14.6. The topological polar surface area (TPSA) is 75.2 Å². The maximum absolute atomic E-state index is 12.6. The number of rotatable bonds is 3. The van der Waals surface area contributed by atoms with Crippen LogP contribution in [-0.4, -0.2) is 33.1 Å². The zero-order valence-electron chi connectivity index (χ0n) is 12.3. The van der Waals surface area contributed by atoms with Crippen LogP contribution < -0.4 is 5.32 Å². The summed E-state index contributed by atoms with van der Waals surface area (Å²) >= 11 is 1.24. The normalized spacial score (nSPS) is 21.2. The first-order valence-corrected chi connectivity index (χ1v) is 7.73. The van der Waals surface area contributed by atoms with E-state index in [1.54, 1.807) is 24.3 Å². The first-order chi connectivity index (χ1) is 10.6. The van der Waals surface area contributed by atoms with Gasteiger partial charge in [-0.1, -0.05) is 6.07 Å². The van der Waals surface area contributed by atoms with Gasteiger partial charge < -0.3 is 10.2 Å². The Kier molecular flexibility index (Phi) is 3.89. The summed E-state index contributed by atoms with van der Waals surface area (Å²) in [7, 11) is 1.73. The lowest BCUT2D eigenvalue weighted by atomic mass is 9.94. The van der Waals surface area contributed by atoms with Crippen molar-refractivity contribution in [3.05, 3.63) is 41.9 Å². The summed E-state index contributed by atoms with van der Waals surface area (Å²) in [4.78, 5) is 30.3. The number of anilines is 1. The molecule has 0 aliphatic carbocycles. The van der Waals surface area contributed by atoms with Crippen molar-refractivity contribution in [1.29, 1.82) is 0 Å². The molecule has 0 radical (unpaired) electrons. The average Bonchev–Trinajstić information content (AvgIpc) is 3.04. The number of carbonyl (C=O) groups excluding carboxylic acids is 2. The smallest absolute Gasteiger partial charge is 0.231 e. The molecule has 6 nitrogen and oxygen atoms in total. The number of pyridine rings is 1. The summed E-state index contributed by atoms with van der Waals surface area (Å²) in [5, 5.41) is 3.57. The second-order valence-electron chi connectivity index (χ2n) is 5.37. The molecule has 1 fully saturated rings. The fourth-order valence-corrected chi connectivity index (χ4v) is 3.41. The molecule has 0 spiro atoms. The monoisotopic (exact) mass is 316 g/mol. The molecule has 7 heteroatoms. The molecule has 22 heavy (non-hydrogen) atoms. The molecule has 2 atom stereocenters. The molecule has 2 aromatic heterocycles. The van der Waals surface area contributed by atoms with Crippen LogP contribution >= 0.6 is 11.5 Å². The maximum Gasteiger partial charge on any atom is 0.231 e. The highest BCUT2D eigenvalue weighted by Crippen LogP contribution is 2.37. The minimum absolute atomic E-state index is 0.0329. The SMILES string of the molecule is Cc1cc(NC(=O)[C@H]2CC(=O)N(C)[C@@H]2c2cccnc2)sn1. The highest BCUT2D eigenvalue weighted by molar-refractivity contribution is 7.10. The van der Waals surface area contributed by atoms with Crippen LogP contribution in [0.1, 0.15) is 23.7 Å². The van der Waals surface area contributed by atoms with E-state index in [1.807, 2.05) is 25.1 Å². The fourth-order valence-electron chi connectivity index (χ4n) is 2.75. The van der Waals surface area contributed by atoms with Gasteiger partial charge in [0.25, 0.3) is 0 Å². The second kappa shape index (κ2) is 5.84. The molecule has 114 valence electrons. The van der Waals surface area contributed by atoms with Gasteiger partial charge in [-0.2, -0.15) is 4.37 Å². The van der Waals surface area contributed by atoms with E-state index in [-0.39, 0.29) is 24.3 Å². The molecule has 1 aliphatic heterocycles. The van der Waals surface area contributed by atoms with Gasteiger partial charge in [-0.25, -0.2) is 0 Å². The second-order valence-corrected chi connectivity index (χ2v) is 6.17. The molecule has 3 rings (SSSR count). The molecule has 2 aromatic rings. The Balaban J connectivity index is 1.84. The van der Waals surface area contributed by atoms with Crippen LogP contribution in [0, 0.1) is 12.8 Å². The number of carbonyl (C=O) groups is 2. The Bertz CT molecular complexity index is 701. The van der Waals surface area contributed by atoms with Gasteiger partial charge in [0.15, 0.2) is 0 Å². The number of aryl methyl sites for hydroxylation is 1. The number of hydrogen-bond donors (Lipinski definition) is 1. The Morgan fingerprint density at radius 3 is 2.95 bits per heavy atom. The fraction of sp³-hybridized carbons (Fsp3) is 0.333. The lowest BCUT2D eigenvalue weighted by Crippen LogP contribution is -2.29. The van der Waals surface area contributed by atoms with Crippen molar-refractivity contribution in [2.75, 3.05) is 12.4 Å². The highest BCUT2D eigenvalue weighted by Gasteiger charge is 2.42. The van der Waals surface area contributed by atoms with Crippen molar-refractivity contribution in [1.82, 2.24) is 14.3 Å². The Morgan fingerprint density at radius 2 is 2.32 bits per heavy atom. The van der Waals surface area contributed by atoms with Crippen LogP contribution in [0.3, 0.4) is 0 Å². The standard InChI is InChI=1S/C15H16N4O2S/c1-9-6-12(22-18-9)17-15(21)11-7-13(20)19(2)14(11)10-4-3-5-16-8-10/h3-6,8,11,14H,7H2,1-2H3,(H,17,21)/t11-,14+/m0/s1. The van der Waals surface area contributed by atoms with Crippen molar-refractivity contribution in [2.45, 2.75) is 19.4 Å². The molecule has 1 saturated heterocycles. The highest BCUT2D eigenvalue weighted by atomic mass is 32.1. The van der Waals surface area contributed by atoms with E-state index in [4.69, 9.17) is 0 Å². The van der Waals surface area contributed by atoms with Crippen LogP contribution in [0.2, 0.25) is 0 Å². The molecular weight excluding hydrogens is 300 g/mol. The van der Waals surface area contributed by atoms with Crippen LogP contribution in [0.4, 0.5) is 5.00 Å². The molecule has 3 heterocycles. The summed E-state index contributed by atoms with van der Waals surface area (Å²) in [6.45, 7) is 1.87. The number of likely N-dealkylation sites (tertiary alicyclic amines) is 1. The van der Waals surface area contributed by atoms with Crippen molar-refractivity contribution in [2.24, 2.45) is 5.92 Å². The van der Waals surface area contributed by atoms with Crippen LogP contribution in [0.25, 0.3) is 0 Å². The van der Waals surface area contributed by atoms with E-state index in [2.05, 4.69) is 14.7 Å². The zero-order chi connectivity index (χ0) is 15.7. The van der Waals surface area contributed by atoms with Gasteiger partial charge in [0.05, 0.1) is 17.7 Å². The van der Waals surface area contributed by atoms with E-state index in [0.717, 1.165) is 11.3 Å². The Labute approximate surface area is 132 Å². The first-order valence-electron chi connectivity index (χ1n) is 6.96. The lowest BCUT2D eigenvalue weighted by Gasteiger charge is -2.24. The molecule has 1 N–H and O–H groups in total. The van der Waals surface area contributed by atoms with Gasteiger partial charge in [0.2, 0.25) is 11.8 Å². The minimum atomic E-state index is -0.427. The molecule has 0 unspecified atom stereocenters. The maximum atomic E-state index is 12.6. The molecule has 2 amide bonds. The van der Waals surface area contributed by atoms with Gasteiger partial charge in [-0.05, 0) is 36.2 Å². The third-order valence-corrected chi connectivity index (χ3v) is 4.62. The van der Waals surface area contributed by atoms with Gasteiger partial charge in [-0.3, -0.25) is 14.6 Å². The minimum Gasteiger partial charge on any atom is -0.338 e. The van der Waals surface area contributed by atoms with Gasteiger partial charge in [0.1, 0.15) is 5.00 Å². The predicted octanol–water partition coefficient (Wildman–Crippen LogP) is 2.00. The molecule has 1 aliphatic rings. The summed E-state index contributed by atoms with van der Waals surface area (Å²) in [5.74, 6) is -0.617. The predicted molar refractivity (Wildman–Crippen MR) is 83.3 cm³/mol. The molecule has 0 bridgehead atoms. The molecule has 0 aromatic carbocycles. The quantitative estimate of drug-likeness (QED) is 0.940. The van der Waals surface area contributed by atoms with Crippen molar-refractivity contribution in [3.63, 3.8) is 0 Å². The van der Waals surface area contributed by atoms with Gasteiger partial charge >= 0.3 is 0 Å². The van der Waals surface area contributed by atoms with Crippen molar-refractivity contribution < 1.29 is 9.59 Å². The molecular formula is C15H16N4O2S. The van der Waals surface area contributed by atoms with Crippen LogP contribution in [0.15, 0.2) is 30.6 Å². The Morgan fingerprint density at radius 1 is 1.50 bits per heavy atom. The van der Waals surface area contributed by atoms with E-state index >= 15 is 0 Å². The summed E-state index contributed by atoms with van der Waals surface area (Å²) in [5.41, 5.74) is 1.74. The van der Waals surface area contributed by atoms with Gasteiger partial charge in [0, 0.05) is 25.9 Å². The van der Waals surface area contributed by atoms with Crippen molar-refractivity contribution >= 4 is 28.3 Å². The van der Waals surface area contributed by atoms with E-state index in [1.165, 1.54) is 11.5 Å². The third-order valence-electron chi connectivity index (χ3n) is 3.82. The zero-order valence-corrected chi connectivity index (χ0v) is 13.1. The average molecular weight is 316 g/mol. The summed E-state index contributed by atoms with van der Waals surface area (Å²) < 4.78 is 4.14. The number of amides is 2. The number of hydrogen-bond acceptors (Lipinski definition) is 5. The van der Waals surface area contributed by atoms with Gasteiger partial charge in [-0.15, -0.1) is 0 Å². The van der Waals surface area contributed by atoms with E-state index in [9.17, 15) is 9.59 Å². The number of aromatic nitrogens is 2. The Hall–Kier alpha value is -2.28. The summed E-state index contributed by atoms with van der Waals surface area (Å²) in [6, 6.07) is 5.25. The van der Waals surface area contributed by atoms with Crippen molar-refractivity contribution in [3.8, 4) is 0 Å². The molecule has 0 saturated carbocycles. The van der Waals surface area contributed by atoms with Crippen LogP contribution in [-0.2, 0) is 9.59 Å². The van der Waals surface area contributed by atoms with E-state index < -0.39 is 5.92 Å². The van der Waals surface area contributed by atoms with E-state index in [0.29, 0.717) is 5.00 Å². The lowest BCUT2D eigenvalue weighted by molar-refractivity contribution is -0.127. The summed E-state index contributed by atoms with van der Waals surface area (Å²) in [6.07, 6.45) is 3.59. The third kappa shape index (κ3) is 2.71. The van der Waals surface area contributed by atoms with Crippen LogP contribution in [0.5, 0.6) is 0 Å². The largest absolute Gasteiger partial charge is 0.338 e. The number of nitrogens with zero attached hydrogens (tertiary/aromatic N) is 3. The number of nitrogens with one attached hydrogen (secondary N) is 1.